The second-order valence-electron chi connectivity index (χ2n) is 4.69. The molecule has 1 N–H and O–H groups in total. The molecule has 1 amide bonds. The molecular weight excluding hydrogens is 202 g/mol. The van der Waals surface area contributed by atoms with Crippen molar-refractivity contribution >= 4 is 5.91 Å². The van der Waals surface area contributed by atoms with Crippen LogP contribution in [-0.2, 0) is 10.2 Å². The Labute approximate surface area is 94.8 Å². The van der Waals surface area contributed by atoms with Crippen molar-refractivity contribution in [3.05, 3.63) is 29.8 Å². The number of carbonyl (C=O) groups excluding carboxylic acids is 1. The molecule has 1 saturated heterocycles. The van der Waals surface area contributed by atoms with Crippen LogP contribution in [0, 0.1) is 5.92 Å². The highest BCUT2D eigenvalue weighted by Crippen LogP contribution is 2.51. The lowest BCUT2D eigenvalue weighted by molar-refractivity contribution is -0.125. The van der Waals surface area contributed by atoms with Crippen molar-refractivity contribution in [3.8, 4) is 5.75 Å². The second-order valence-corrected chi connectivity index (χ2v) is 4.69. The van der Waals surface area contributed by atoms with E-state index in [0.717, 1.165) is 25.1 Å². The number of methoxy groups -OCH3 is 1. The lowest BCUT2D eigenvalue weighted by Crippen LogP contribution is -2.44. The minimum Gasteiger partial charge on any atom is -0.497 e. The van der Waals surface area contributed by atoms with Crippen LogP contribution in [0.5, 0.6) is 5.75 Å². The molecule has 3 nitrogen and oxygen atoms in total. The highest BCUT2D eigenvalue weighted by Gasteiger charge is 2.55. The van der Waals surface area contributed by atoms with Gasteiger partial charge in [-0.3, -0.25) is 4.79 Å². The van der Waals surface area contributed by atoms with E-state index in [1.807, 2.05) is 12.1 Å². The average Bonchev–Trinajstić information content (AvgIpc) is 2.50. The van der Waals surface area contributed by atoms with Crippen molar-refractivity contribution in [1.29, 1.82) is 0 Å². The molecule has 2 aliphatic rings. The first-order chi connectivity index (χ1) is 7.76. The predicted octanol–water partition coefficient (Wildman–Crippen LogP) is 1.47. The Morgan fingerprint density at radius 3 is 2.62 bits per heavy atom. The molecular formula is C13H15NO2. The molecule has 2 atom stereocenters. The molecule has 1 aromatic carbocycles. The summed E-state index contributed by atoms with van der Waals surface area (Å²) in [4.78, 5) is 11.6. The number of benzene rings is 1. The van der Waals surface area contributed by atoms with Gasteiger partial charge in [0.25, 0.3) is 0 Å². The van der Waals surface area contributed by atoms with Gasteiger partial charge >= 0.3 is 0 Å². The summed E-state index contributed by atoms with van der Waals surface area (Å²) >= 11 is 0. The van der Waals surface area contributed by atoms with Crippen LogP contribution in [0.15, 0.2) is 24.3 Å². The Balaban J connectivity index is 1.94. The van der Waals surface area contributed by atoms with E-state index >= 15 is 0 Å². The maximum atomic E-state index is 11.6. The summed E-state index contributed by atoms with van der Waals surface area (Å²) in [6.07, 6.45) is 2.14. The number of carbonyl (C=O) groups is 1. The summed E-state index contributed by atoms with van der Waals surface area (Å²) in [5, 5.41) is 2.98. The van der Waals surface area contributed by atoms with Gasteiger partial charge in [0.1, 0.15) is 5.75 Å². The van der Waals surface area contributed by atoms with Crippen molar-refractivity contribution in [1.82, 2.24) is 5.32 Å². The molecule has 3 heteroatoms. The first kappa shape index (κ1) is 9.70. The van der Waals surface area contributed by atoms with Crippen molar-refractivity contribution < 1.29 is 9.53 Å². The third-order valence-corrected chi connectivity index (χ3v) is 4.11. The number of hydrogen-bond donors (Lipinski definition) is 1. The molecule has 0 radical (unpaired) electrons. The third-order valence-electron chi connectivity index (χ3n) is 4.11. The first-order valence-electron chi connectivity index (χ1n) is 5.68. The Kier molecular flexibility index (Phi) is 1.96. The number of amides is 1. The van der Waals surface area contributed by atoms with E-state index in [1.165, 1.54) is 5.56 Å². The molecule has 0 spiro atoms. The minimum atomic E-state index is 0.0728. The van der Waals surface area contributed by atoms with E-state index in [1.54, 1.807) is 7.11 Å². The maximum absolute atomic E-state index is 11.6. The summed E-state index contributed by atoms with van der Waals surface area (Å²) in [6, 6.07) is 8.13. The van der Waals surface area contributed by atoms with Gasteiger partial charge in [-0.1, -0.05) is 12.1 Å². The average molecular weight is 217 g/mol. The summed E-state index contributed by atoms with van der Waals surface area (Å²) in [7, 11) is 1.67. The van der Waals surface area contributed by atoms with Gasteiger partial charge in [0.05, 0.1) is 7.11 Å². The molecule has 1 saturated carbocycles. The van der Waals surface area contributed by atoms with Crippen LogP contribution in [0.3, 0.4) is 0 Å². The molecule has 0 bridgehead atoms. The van der Waals surface area contributed by atoms with E-state index in [0.29, 0.717) is 0 Å². The topological polar surface area (TPSA) is 38.3 Å². The zero-order valence-corrected chi connectivity index (χ0v) is 9.32. The smallest absolute Gasteiger partial charge is 0.224 e. The van der Waals surface area contributed by atoms with Gasteiger partial charge in [-0.2, -0.15) is 0 Å². The van der Waals surface area contributed by atoms with Crippen LogP contribution in [0.25, 0.3) is 0 Å². The van der Waals surface area contributed by atoms with E-state index < -0.39 is 0 Å². The zero-order chi connectivity index (χ0) is 11.2. The van der Waals surface area contributed by atoms with E-state index in [9.17, 15) is 4.79 Å². The molecule has 1 aliphatic carbocycles. The molecule has 1 aliphatic heterocycles. The van der Waals surface area contributed by atoms with E-state index in [4.69, 9.17) is 4.74 Å². The fourth-order valence-corrected chi connectivity index (χ4v) is 2.97. The summed E-state index contributed by atoms with van der Waals surface area (Å²) in [5.41, 5.74) is 1.34. The maximum Gasteiger partial charge on any atom is 0.224 e. The van der Waals surface area contributed by atoms with Gasteiger partial charge in [0.2, 0.25) is 5.91 Å². The Morgan fingerprint density at radius 2 is 2.12 bits per heavy atom. The van der Waals surface area contributed by atoms with Gasteiger partial charge in [-0.05, 0) is 30.5 Å². The lowest BCUT2D eigenvalue weighted by Gasteiger charge is -2.43. The van der Waals surface area contributed by atoms with Crippen LogP contribution >= 0.6 is 0 Å². The van der Waals surface area contributed by atoms with E-state index in [-0.39, 0.29) is 17.2 Å². The highest BCUT2D eigenvalue weighted by molar-refractivity contribution is 5.85. The van der Waals surface area contributed by atoms with Crippen LogP contribution < -0.4 is 10.1 Å². The normalized spacial score (nSPS) is 31.6. The number of rotatable bonds is 2. The van der Waals surface area contributed by atoms with Crippen molar-refractivity contribution in [2.75, 3.05) is 13.7 Å². The zero-order valence-electron chi connectivity index (χ0n) is 9.32. The number of fused-ring (bicyclic) bond motifs is 1. The summed E-state index contributed by atoms with van der Waals surface area (Å²) in [6.45, 7) is 0.794. The quantitative estimate of drug-likeness (QED) is 0.814. The van der Waals surface area contributed by atoms with Gasteiger partial charge in [0, 0.05) is 17.9 Å². The Bertz CT molecular complexity index is 426. The largest absolute Gasteiger partial charge is 0.497 e. The lowest BCUT2D eigenvalue weighted by atomic mass is 9.58. The molecule has 1 heterocycles. The molecule has 2 fully saturated rings. The Morgan fingerprint density at radius 1 is 1.38 bits per heavy atom. The monoisotopic (exact) mass is 217 g/mol. The van der Waals surface area contributed by atoms with Gasteiger partial charge in [-0.25, -0.2) is 0 Å². The number of nitrogens with one attached hydrogen (secondary N) is 1. The first-order valence-corrected chi connectivity index (χ1v) is 5.68. The summed E-state index contributed by atoms with van der Waals surface area (Å²) < 4.78 is 5.15. The molecule has 16 heavy (non-hydrogen) atoms. The van der Waals surface area contributed by atoms with Crippen LogP contribution in [-0.4, -0.2) is 19.6 Å². The van der Waals surface area contributed by atoms with Crippen molar-refractivity contribution in [2.24, 2.45) is 5.92 Å². The van der Waals surface area contributed by atoms with Gasteiger partial charge in [0.15, 0.2) is 0 Å². The van der Waals surface area contributed by atoms with Crippen LogP contribution in [0.1, 0.15) is 18.4 Å². The molecule has 3 rings (SSSR count). The standard InChI is InChI=1S/C13H15NO2/c1-16-10-4-2-9(3-5-10)13-7-6-11(13)12(15)14-8-13/h2-5,11H,6-8H2,1H3,(H,14,15). The molecule has 0 aromatic heterocycles. The van der Waals surface area contributed by atoms with E-state index in [2.05, 4.69) is 17.4 Å². The fourth-order valence-electron chi connectivity index (χ4n) is 2.97. The predicted molar refractivity (Wildman–Crippen MR) is 60.4 cm³/mol. The van der Waals surface area contributed by atoms with Crippen molar-refractivity contribution in [2.45, 2.75) is 18.3 Å². The van der Waals surface area contributed by atoms with Crippen LogP contribution in [0.2, 0.25) is 0 Å². The highest BCUT2D eigenvalue weighted by atomic mass is 16.5. The number of ether oxygens (including phenoxy) is 1. The van der Waals surface area contributed by atoms with Crippen LogP contribution in [0.4, 0.5) is 0 Å². The third kappa shape index (κ3) is 1.11. The minimum absolute atomic E-state index is 0.0728. The molecule has 1 aromatic rings. The Hall–Kier alpha value is -1.51. The number of hydrogen-bond acceptors (Lipinski definition) is 2. The molecule has 2 unspecified atom stereocenters. The van der Waals surface area contributed by atoms with Gasteiger partial charge < -0.3 is 10.1 Å². The summed E-state index contributed by atoms with van der Waals surface area (Å²) in [5.74, 6) is 1.29. The second kappa shape index (κ2) is 3.24. The fraction of sp³-hybridized carbons (Fsp3) is 0.462. The van der Waals surface area contributed by atoms with Crippen molar-refractivity contribution in [3.63, 3.8) is 0 Å². The molecule has 84 valence electrons. The SMILES string of the molecule is COc1ccc(C23CCC2C(=O)NC3)cc1. The van der Waals surface area contributed by atoms with Gasteiger partial charge in [-0.15, -0.1) is 0 Å².